The van der Waals surface area contributed by atoms with Crippen LogP contribution in [-0.4, -0.2) is 5.16 Å². The van der Waals surface area contributed by atoms with Gasteiger partial charge in [-0.1, -0.05) is 35.5 Å². The van der Waals surface area contributed by atoms with Gasteiger partial charge in [0, 0.05) is 5.56 Å². The first-order valence-corrected chi connectivity index (χ1v) is 4.16. The van der Waals surface area contributed by atoms with Crippen molar-refractivity contribution in [3.63, 3.8) is 0 Å². The van der Waals surface area contributed by atoms with Crippen molar-refractivity contribution in [2.24, 2.45) is 0 Å². The summed E-state index contributed by atoms with van der Waals surface area (Å²) in [6.07, 6.45) is -3.76. The number of alkyl halides is 3. The fourth-order valence-electron chi connectivity index (χ4n) is 1.24. The van der Waals surface area contributed by atoms with E-state index in [-0.39, 0.29) is 5.76 Å². The maximum absolute atomic E-state index is 12.5. The quantitative estimate of drug-likeness (QED) is 0.725. The Morgan fingerprint density at radius 2 is 1.73 bits per heavy atom. The van der Waals surface area contributed by atoms with Gasteiger partial charge in [0.2, 0.25) is 0 Å². The van der Waals surface area contributed by atoms with E-state index >= 15 is 0 Å². The molecule has 2 nitrogen and oxygen atoms in total. The third-order valence-electron chi connectivity index (χ3n) is 1.91. The second-order valence-corrected chi connectivity index (χ2v) is 2.93. The molecular weight excluding hydrogens is 207 g/mol. The molecule has 1 heterocycles. The minimum Gasteiger partial charge on any atom is -0.356 e. The Morgan fingerprint density at radius 3 is 2.33 bits per heavy atom. The Bertz CT molecular complexity index is 447. The van der Waals surface area contributed by atoms with Crippen LogP contribution in [0.3, 0.4) is 0 Å². The number of benzene rings is 1. The number of aromatic nitrogens is 1. The summed E-state index contributed by atoms with van der Waals surface area (Å²) >= 11 is 0. The van der Waals surface area contributed by atoms with Crippen molar-refractivity contribution in [2.75, 3.05) is 0 Å². The lowest BCUT2D eigenvalue weighted by molar-refractivity contribution is -0.137. The van der Waals surface area contributed by atoms with E-state index < -0.39 is 11.7 Å². The van der Waals surface area contributed by atoms with E-state index in [9.17, 15) is 13.2 Å². The minimum atomic E-state index is -4.44. The first-order valence-electron chi connectivity index (χ1n) is 4.16. The van der Waals surface area contributed by atoms with Crippen LogP contribution >= 0.6 is 0 Å². The van der Waals surface area contributed by atoms with Crippen molar-refractivity contribution in [3.05, 3.63) is 42.1 Å². The number of halogens is 3. The van der Waals surface area contributed by atoms with Crippen LogP contribution in [0, 0.1) is 0 Å². The average Bonchev–Trinajstić information content (AvgIpc) is 2.67. The number of nitrogens with zero attached hydrogens (tertiary/aromatic N) is 1. The van der Waals surface area contributed by atoms with Crippen molar-refractivity contribution < 1.29 is 17.7 Å². The van der Waals surface area contributed by atoms with Crippen molar-refractivity contribution in [2.45, 2.75) is 6.18 Å². The van der Waals surface area contributed by atoms with Crippen LogP contribution in [0.1, 0.15) is 5.56 Å². The molecule has 2 aromatic rings. The van der Waals surface area contributed by atoms with E-state index in [0.29, 0.717) is 11.8 Å². The molecule has 0 N–H and O–H groups in total. The van der Waals surface area contributed by atoms with E-state index in [4.69, 9.17) is 0 Å². The van der Waals surface area contributed by atoms with Gasteiger partial charge in [0.15, 0.2) is 5.76 Å². The molecule has 2 rings (SSSR count). The summed E-state index contributed by atoms with van der Waals surface area (Å²) in [5, 5.41) is 3.17. The Kier molecular flexibility index (Phi) is 2.22. The molecule has 78 valence electrons. The van der Waals surface area contributed by atoms with Crippen molar-refractivity contribution >= 4 is 0 Å². The van der Waals surface area contributed by atoms with Gasteiger partial charge in [0.05, 0.1) is 6.20 Å². The number of hydrogen-bond acceptors (Lipinski definition) is 2. The second-order valence-electron chi connectivity index (χ2n) is 2.93. The molecule has 0 radical (unpaired) electrons. The zero-order chi connectivity index (χ0) is 10.9. The molecule has 0 bridgehead atoms. The SMILES string of the molecule is FC(F)(F)c1cnoc1-c1ccccc1. The molecule has 0 atom stereocenters. The normalized spacial score (nSPS) is 11.7. The molecule has 0 saturated heterocycles. The molecule has 15 heavy (non-hydrogen) atoms. The largest absolute Gasteiger partial charge is 0.421 e. The smallest absolute Gasteiger partial charge is 0.356 e. The predicted molar refractivity (Wildman–Crippen MR) is 46.9 cm³/mol. The topological polar surface area (TPSA) is 26.0 Å². The van der Waals surface area contributed by atoms with Crippen LogP contribution < -0.4 is 0 Å². The third-order valence-corrected chi connectivity index (χ3v) is 1.91. The summed E-state index contributed by atoms with van der Waals surface area (Å²) in [7, 11) is 0. The fourth-order valence-corrected chi connectivity index (χ4v) is 1.24. The number of hydrogen-bond donors (Lipinski definition) is 0. The highest BCUT2D eigenvalue weighted by atomic mass is 19.4. The van der Waals surface area contributed by atoms with Crippen LogP contribution in [0.4, 0.5) is 13.2 Å². The molecule has 0 aliphatic rings. The molecule has 0 saturated carbocycles. The Hall–Kier alpha value is -1.78. The van der Waals surface area contributed by atoms with E-state index in [1.54, 1.807) is 18.2 Å². The standard InChI is InChI=1S/C10H6F3NO/c11-10(12,13)8-6-14-15-9(8)7-4-2-1-3-5-7/h1-6H. The lowest BCUT2D eigenvalue weighted by Gasteiger charge is -2.04. The summed E-state index contributed by atoms with van der Waals surface area (Å²) in [5.74, 6) is -0.247. The average molecular weight is 213 g/mol. The minimum absolute atomic E-state index is 0.247. The molecule has 5 heteroatoms. The first-order chi connectivity index (χ1) is 7.09. The Morgan fingerprint density at radius 1 is 1.07 bits per heavy atom. The van der Waals surface area contributed by atoms with Crippen LogP contribution in [0.15, 0.2) is 41.1 Å². The van der Waals surface area contributed by atoms with Crippen LogP contribution in [0.25, 0.3) is 11.3 Å². The maximum Gasteiger partial charge on any atom is 0.421 e. The van der Waals surface area contributed by atoms with Gasteiger partial charge >= 0.3 is 6.18 Å². The van der Waals surface area contributed by atoms with E-state index in [1.165, 1.54) is 12.1 Å². The Balaban J connectivity index is 2.51. The highest BCUT2D eigenvalue weighted by Gasteiger charge is 2.36. The van der Waals surface area contributed by atoms with E-state index in [0.717, 1.165) is 0 Å². The van der Waals surface area contributed by atoms with Gasteiger partial charge in [0.25, 0.3) is 0 Å². The molecule has 0 unspecified atom stereocenters. The maximum atomic E-state index is 12.5. The van der Waals surface area contributed by atoms with Crippen molar-refractivity contribution in [1.29, 1.82) is 0 Å². The lowest BCUT2D eigenvalue weighted by Crippen LogP contribution is -2.04. The molecule has 0 fully saturated rings. The highest BCUT2D eigenvalue weighted by Crippen LogP contribution is 2.36. The molecule has 0 aliphatic heterocycles. The molecule has 1 aromatic heterocycles. The third kappa shape index (κ3) is 1.86. The molecule has 0 spiro atoms. The van der Waals surface area contributed by atoms with E-state index in [2.05, 4.69) is 9.68 Å². The summed E-state index contributed by atoms with van der Waals surface area (Å²) in [5.41, 5.74) is -0.490. The fraction of sp³-hybridized carbons (Fsp3) is 0.100. The monoisotopic (exact) mass is 213 g/mol. The zero-order valence-electron chi connectivity index (χ0n) is 7.45. The van der Waals surface area contributed by atoms with Gasteiger partial charge in [-0.3, -0.25) is 0 Å². The van der Waals surface area contributed by atoms with Crippen molar-refractivity contribution in [1.82, 2.24) is 5.16 Å². The zero-order valence-corrected chi connectivity index (χ0v) is 7.45. The van der Waals surface area contributed by atoms with Gasteiger partial charge in [0.1, 0.15) is 5.56 Å². The highest BCUT2D eigenvalue weighted by molar-refractivity contribution is 5.61. The lowest BCUT2D eigenvalue weighted by atomic mass is 10.1. The van der Waals surface area contributed by atoms with Gasteiger partial charge in [-0.25, -0.2) is 0 Å². The second kappa shape index (κ2) is 3.42. The van der Waals surface area contributed by atoms with Crippen molar-refractivity contribution in [3.8, 4) is 11.3 Å². The van der Waals surface area contributed by atoms with Crippen LogP contribution in [-0.2, 0) is 6.18 Å². The van der Waals surface area contributed by atoms with Gasteiger partial charge in [-0.15, -0.1) is 0 Å². The summed E-state index contributed by atoms with van der Waals surface area (Å²) in [4.78, 5) is 0. The Labute approximate surface area is 83.3 Å². The summed E-state index contributed by atoms with van der Waals surface area (Å²) < 4.78 is 42.0. The first kappa shape index (κ1) is 9.76. The molecule has 0 aliphatic carbocycles. The summed E-state index contributed by atoms with van der Waals surface area (Å²) in [6, 6.07) is 8.06. The van der Waals surface area contributed by atoms with Gasteiger partial charge in [-0.05, 0) is 0 Å². The van der Waals surface area contributed by atoms with Crippen LogP contribution in [0.5, 0.6) is 0 Å². The number of rotatable bonds is 1. The van der Waals surface area contributed by atoms with Crippen LogP contribution in [0.2, 0.25) is 0 Å². The molecule has 0 amide bonds. The molecule has 1 aromatic carbocycles. The van der Waals surface area contributed by atoms with E-state index in [1.807, 2.05) is 0 Å². The summed E-state index contributed by atoms with van der Waals surface area (Å²) in [6.45, 7) is 0. The van der Waals surface area contributed by atoms with Gasteiger partial charge < -0.3 is 4.52 Å². The molecular formula is C10H6F3NO. The predicted octanol–water partition coefficient (Wildman–Crippen LogP) is 3.36. The van der Waals surface area contributed by atoms with Gasteiger partial charge in [-0.2, -0.15) is 13.2 Å².